The lowest BCUT2D eigenvalue weighted by Crippen LogP contribution is -2.05. The maximum atomic E-state index is 12.8. The lowest BCUT2D eigenvalue weighted by atomic mass is 10.3. The Morgan fingerprint density at radius 3 is 3.00 bits per heavy atom. The van der Waals surface area contributed by atoms with Crippen molar-refractivity contribution in [2.75, 3.05) is 7.05 Å². The average molecular weight is 241 g/mol. The lowest BCUT2D eigenvalue weighted by molar-refractivity contribution is 0.627. The Labute approximate surface area is 97.0 Å². The zero-order valence-electron chi connectivity index (χ0n) is 8.61. The Bertz CT molecular complexity index is 497. The molecule has 0 saturated carbocycles. The zero-order valence-corrected chi connectivity index (χ0v) is 9.37. The molecule has 1 heterocycles. The molecule has 1 aromatic carbocycles. The molecule has 0 amide bonds. The van der Waals surface area contributed by atoms with Gasteiger partial charge in [-0.15, -0.1) is 5.10 Å². The van der Waals surface area contributed by atoms with Crippen molar-refractivity contribution in [2.24, 2.45) is 0 Å². The molecular weight excluding hydrogens is 231 g/mol. The molecule has 0 fully saturated rings. The van der Waals surface area contributed by atoms with E-state index in [9.17, 15) is 4.39 Å². The van der Waals surface area contributed by atoms with Gasteiger partial charge in [-0.1, -0.05) is 16.8 Å². The summed E-state index contributed by atoms with van der Waals surface area (Å²) >= 11 is 5.91. The molecular formula is C10H10ClFN4. The molecule has 0 atom stereocenters. The Hall–Kier alpha value is -1.46. The van der Waals surface area contributed by atoms with E-state index >= 15 is 0 Å². The van der Waals surface area contributed by atoms with Gasteiger partial charge in [-0.25, -0.2) is 9.07 Å². The van der Waals surface area contributed by atoms with Crippen molar-refractivity contribution >= 4 is 11.6 Å². The van der Waals surface area contributed by atoms with Crippen LogP contribution in [0, 0.1) is 5.82 Å². The van der Waals surface area contributed by atoms with Crippen LogP contribution in [-0.2, 0) is 6.54 Å². The molecule has 0 aliphatic heterocycles. The van der Waals surface area contributed by atoms with Crippen LogP contribution >= 0.6 is 11.6 Å². The van der Waals surface area contributed by atoms with E-state index in [1.54, 1.807) is 12.3 Å². The van der Waals surface area contributed by atoms with E-state index in [0.717, 1.165) is 5.69 Å². The van der Waals surface area contributed by atoms with Crippen LogP contribution in [0.5, 0.6) is 0 Å². The Morgan fingerprint density at radius 2 is 2.31 bits per heavy atom. The van der Waals surface area contributed by atoms with Gasteiger partial charge in [-0.3, -0.25) is 0 Å². The van der Waals surface area contributed by atoms with Crippen molar-refractivity contribution in [1.82, 2.24) is 20.3 Å². The predicted octanol–water partition coefficient (Wildman–Crippen LogP) is 1.78. The summed E-state index contributed by atoms with van der Waals surface area (Å²) in [5.74, 6) is -0.371. The van der Waals surface area contributed by atoms with E-state index in [0.29, 0.717) is 17.3 Å². The molecule has 16 heavy (non-hydrogen) atoms. The highest BCUT2D eigenvalue weighted by molar-refractivity contribution is 6.32. The van der Waals surface area contributed by atoms with Gasteiger partial charge in [-0.2, -0.15) is 0 Å². The maximum absolute atomic E-state index is 12.8. The van der Waals surface area contributed by atoms with Crippen molar-refractivity contribution in [3.63, 3.8) is 0 Å². The molecule has 1 N–H and O–H groups in total. The number of halogens is 2. The molecule has 1 aromatic heterocycles. The van der Waals surface area contributed by atoms with Crippen LogP contribution in [0.15, 0.2) is 24.4 Å². The Balaban J connectivity index is 2.35. The number of hydrogen-bond acceptors (Lipinski definition) is 3. The first-order valence-corrected chi connectivity index (χ1v) is 5.10. The standard InChI is InChI=1S/C10H10ClFN4/c1-13-5-8-6-16(15-14-8)10-3-2-7(12)4-9(10)11/h2-4,6,13H,5H2,1H3. The van der Waals surface area contributed by atoms with E-state index < -0.39 is 0 Å². The quantitative estimate of drug-likeness (QED) is 0.889. The van der Waals surface area contributed by atoms with Crippen molar-refractivity contribution in [3.8, 4) is 5.69 Å². The van der Waals surface area contributed by atoms with Gasteiger partial charge in [-0.05, 0) is 25.2 Å². The monoisotopic (exact) mass is 240 g/mol. The minimum atomic E-state index is -0.371. The predicted molar refractivity (Wildman–Crippen MR) is 59.1 cm³/mol. The second-order valence-electron chi connectivity index (χ2n) is 3.28. The molecule has 0 aliphatic carbocycles. The van der Waals surface area contributed by atoms with Gasteiger partial charge in [0.25, 0.3) is 0 Å². The minimum Gasteiger partial charge on any atom is -0.314 e. The first kappa shape index (κ1) is 11.0. The number of benzene rings is 1. The van der Waals surface area contributed by atoms with Gasteiger partial charge in [0.15, 0.2) is 0 Å². The third-order valence-corrected chi connectivity index (χ3v) is 2.36. The fourth-order valence-electron chi connectivity index (χ4n) is 1.35. The van der Waals surface area contributed by atoms with Gasteiger partial charge >= 0.3 is 0 Å². The fourth-order valence-corrected chi connectivity index (χ4v) is 1.60. The van der Waals surface area contributed by atoms with Crippen molar-refractivity contribution in [1.29, 1.82) is 0 Å². The average Bonchev–Trinajstić information content (AvgIpc) is 2.67. The van der Waals surface area contributed by atoms with E-state index in [1.165, 1.54) is 16.8 Å². The van der Waals surface area contributed by atoms with Crippen molar-refractivity contribution in [3.05, 3.63) is 40.9 Å². The van der Waals surface area contributed by atoms with Crippen LogP contribution in [-0.4, -0.2) is 22.0 Å². The number of nitrogens with zero attached hydrogens (tertiary/aromatic N) is 3. The first-order valence-electron chi connectivity index (χ1n) is 4.72. The third-order valence-electron chi connectivity index (χ3n) is 2.06. The highest BCUT2D eigenvalue weighted by Crippen LogP contribution is 2.20. The summed E-state index contributed by atoms with van der Waals surface area (Å²) in [4.78, 5) is 0. The molecule has 0 spiro atoms. The van der Waals surface area contributed by atoms with Crippen LogP contribution < -0.4 is 5.32 Å². The van der Waals surface area contributed by atoms with E-state index in [4.69, 9.17) is 11.6 Å². The highest BCUT2D eigenvalue weighted by atomic mass is 35.5. The van der Waals surface area contributed by atoms with E-state index in [2.05, 4.69) is 15.6 Å². The summed E-state index contributed by atoms with van der Waals surface area (Å²) < 4.78 is 14.4. The molecule has 0 unspecified atom stereocenters. The molecule has 4 nitrogen and oxygen atoms in total. The molecule has 0 saturated heterocycles. The summed E-state index contributed by atoms with van der Waals surface area (Å²) in [5.41, 5.74) is 1.40. The molecule has 2 rings (SSSR count). The maximum Gasteiger partial charge on any atom is 0.124 e. The number of rotatable bonds is 3. The Morgan fingerprint density at radius 1 is 1.50 bits per heavy atom. The van der Waals surface area contributed by atoms with Gasteiger partial charge in [0.2, 0.25) is 0 Å². The van der Waals surface area contributed by atoms with Crippen LogP contribution in [0.2, 0.25) is 5.02 Å². The van der Waals surface area contributed by atoms with Gasteiger partial charge in [0.1, 0.15) is 5.82 Å². The summed E-state index contributed by atoms with van der Waals surface area (Å²) in [5, 5.41) is 11.1. The summed E-state index contributed by atoms with van der Waals surface area (Å²) in [6, 6.07) is 4.15. The number of hydrogen-bond donors (Lipinski definition) is 1. The second kappa shape index (κ2) is 4.59. The number of aromatic nitrogens is 3. The molecule has 2 aromatic rings. The van der Waals surface area contributed by atoms with E-state index in [-0.39, 0.29) is 5.82 Å². The van der Waals surface area contributed by atoms with Gasteiger partial charge in [0, 0.05) is 6.54 Å². The van der Waals surface area contributed by atoms with Gasteiger partial charge in [0.05, 0.1) is 22.6 Å². The molecule has 0 radical (unpaired) electrons. The smallest absolute Gasteiger partial charge is 0.124 e. The fraction of sp³-hybridized carbons (Fsp3) is 0.200. The van der Waals surface area contributed by atoms with Crippen LogP contribution in [0.4, 0.5) is 4.39 Å². The third kappa shape index (κ3) is 2.20. The van der Waals surface area contributed by atoms with Crippen LogP contribution in [0.25, 0.3) is 5.69 Å². The SMILES string of the molecule is CNCc1cn(-c2ccc(F)cc2Cl)nn1. The van der Waals surface area contributed by atoms with Crippen LogP contribution in [0.3, 0.4) is 0 Å². The minimum absolute atomic E-state index is 0.306. The lowest BCUT2D eigenvalue weighted by Gasteiger charge is -2.02. The topological polar surface area (TPSA) is 42.7 Å². The summed E-state index contributed by atoms with van der Waals surface area (Å²) in [7, 11) is 1.82. The van der Waals surface area contributed by atoms with Crippen molar-refractivity contribution in [2.45, 2.75) is 6.54 Å². The second-order valence-corrected chi connectivity index (χ2v) is 3.69. The zero-order chi connectivity index (χ0) is 11.5. The largest absolute Gasteiger partial charge is 0.314 e. The summed E-state index contributed by atoms with van der Waals surface area (Å²) in [6.45, 7) is 0.624. The van der Waals surface area contributed by atoms with Crippen LogP contribution in [0.1, 0.15) is 5.69 Å². The molecule has 6 heteroatoms. The highest BCUT2D eigenvalue weighted by Gasteiger charge is 2.06. The molecule has 0 aliphatic rings. The van der Waals surface area contributed by atoms with E-state index in [1.807, 2.05) is 7.05 Å². The van der Waals surface area contributed by atoms with Crippen molar-refractivity contribution < 1.29 is 4.39 Å². The molecule has 84 valence electrons. The first-order chi connectivity index (χ1) is 7.70. The summed E-state index contributed by atoms with van der Waals surface area (Å²) in [6.07, 6.45) is 1.75. The normalized spacial score (nSPS) is 10.7. The molecule has 0 bridgehead atoms. The van der Waals surface area contributed by atoms with Gasteiger partial charge < -0.3 is 5.32 Å². The number of nitrogens with one attached hydrogen (secondary N) is 1. The Kier molecular flexibility index (Phi) is 3.17.